The molecule has 1 rings (SSSR count). The molecule has 1 N–H and O–H groups in total. The Kier molecular flexibility index (Phi) is 2.51. The topological polar surface area (TPSA) is 40.5 Å². The van der Waals surface area contributed by atoms with E-state index < -0.39 is 18.2 Å². The molecule has 1 aliphatic heterocycles. The molecule has 1 saturated heterocycles. The molecule has 1 unspecified atom stereocenters. The summed E-state index contributed by atoms with van der Waals surface area (Å²) < 4.78 is 35.4. The number of hydrogen-bond donors (Lipinski definition) is 1. The first-order chi connectivity index (χ1) is 5.82. The highest BCUT2D eigenvalue weighted by Gasteiger charge is 2.47. The lowest BCUT2D eigenvalue weighted by molar-refractivity contribution is -0.193. The highest BCUT2D eigenvalue weighted by atomic mass is 19.4. The first-order valence-electron chi connectivity index (χ1n) is 3.86. The fourth-order valence-corrected chi connectivity index (χ4v) is 1.16. The average Bonchev–Trinajstić information content (AvgIpc) is 1.80. The Morgan fingerprint density at radius 1 is 1.54 bits per heavy atom. The molecule has 1 atom stereocenters. The van der Waals surface area contributed by atoms with Gasteiger partial charge in [0, 0.05) is 19.0 Å². The van der Waals surface area contributed by atoms with Gasteiger partial charge in [-0.1, -0.05) is 0 Å². The lowest BCUT2D eigenvalue weighted by Crippen LogP contribution is -2.57. The number of aliphatic hydroxyl groups is 1. The van der Waals surface area contributed by atoms with Gasteiger partial charge >= 0.3 is 12.1 Å². The molecule has 0 aromatic rings. The largest absolute Gasteiger partial charge is 0.471 e. The molecule has 0 aromatic carbocycles. The fraction of sp³-hybridized carbons (Fsp3) is 0.857. The van der Waals surface area contributed by atoms with Crippen LogP contribution >= 0.6 is 0 Å². The van der Waals surface area contributed by atoms with E-state index in [1.807, 2.05) is 0 Å². The Morgan fingerprint density at radius 2 is 2.00 bits per heavy atom. The van der Waals surface area contributed by atoms with Crippen molar-refractivity contribution in [2.24, 2.45) is 5.92 Å². The number of halogens is 3. The quantitative estimate of drug-likeness (QED) is 0.660. The maximum atomic E-state index is 11.8. The Labute approximate surface area is 73.1 Å². The van der Waals surface area contributed by atoms with Gasteiger partial charge in [0.05, 0.1) is 6.10 Å². The minimum Gasteiger partial charge on any atom is -0.393 e. The van der Waals surface area contributed by atoms with Gasteiger partial charge in [0.25, 0.3) is 0 Å². The smallest absolute Gasteiger partial charge is 0.393 e. The summed E-state index contributed by atoms with van der Waals surface area (Å²) in [5, 5.41) is 8.96. The molecule has 1 aliphatic rings. The van der Waals surface area contributed by atoms with Gasteiger partial charge in [-0.2, -0.15) is 13.2 Å². The number of amides is 1. The van der Waals surface area contributed by atoms with Gasteiger partial charge in [0.2, 0.25) is 0 Å². The van der Waals surface area contributed by atoms with Crippen LogP contribution in [0.15, 0.2) is 0 Å². The number of aliphatic hydroxyl groups excluding tert-OH is 1. The van der Waals surface area contributed by atoms with Gasteiger partial charge in [0.1, 0.15) is 0 Å². The van der Waals surface area contributed by atoms with E-state index in [1.54, 1.807) is 0 Å². The van der Waals surface area contributed by atoms with E-state index >= 15 is 0 Å². The zero-order valence-electron chi connectivity index (χ0n) is 7.01. The van der Waals surface area contributed by atoms with Crippen molar-refractivity contribution >= 4 is 5.91 Å². The lowest BCUT2D eigenvalue weighted by atomic mass is 9.95. The molecular weight excluding hydrogens is 187 g/mol. The van der Waals surface area contributed by atoms with Crippen molar-refractivity contribution in [3.05, 3.63) is 0 Å². The van der Waals surface area contributed by atoms with Gasteiger partial charge in [0.15, 0.2) is 0 Å². The zero-order valence-corrected chi connectivity index (χ0v) is 7.01. The van der Waals surface area contributed by atoms with Crippen LogP contribution in [0.5, 0.6) is 0 Å². The van der Waals surface area contributed by atoms with Gasteiger partial charge in [-0.25, -0.2) is 0 Å². The molecule has 13 heavy (non-hydrogen) atoms. The number of rotatable bonds is 1. The molecular formula is C7H10F3NO2. The Balaban J connectivity index is 2.40. The van der Waals surface area contributed by atoms with Crippen molar-refractivity contribution in [1.29, 1.82) is 0 Å². The molecule has 0 bridgehead atoms. The summed E-state index contributed by atoms with van der Waals surface area (Å²) in [5.41, 5.74) is 0. The number of hydrogen-bond acceptors (Lipinski definition) is 2. The first-order valence-corrected chi connectivity index (χ1v) is 3.86. The highest BCUT2D eigenvalue weighted by molar-refractivity contribution is 5.82. The van der Waals surface area contributed by atoms with E-state index in [2.05, 4.69) is 0 Å². The summed E-state index contributed by atoms with van der Waals surface area (Å²) in [7, 11) is 0. The highest BCUT2D eigenvalue weighted by Crippen LogP contribution is 2.26. The summed E-state index contributed by atoms with van der Waals surface area (Å²) in [6.45, 7) is 1.49. The van der Waals surface area contributed by atoms with Crippen LogP contribution in [0, 0.1) is 5.92 Å². The fourth-order valence-electron chi connectivity index (χ4n) is 1.16. The second kappa shape index (κ2) is 3.17. The standard InChI is InChI=1S/C7H10F3NO2/c1-4(12)5-2-11(3-5)6(13)7(8,9)10/h4-5,12H,2-3H2,1H3. The normalized spacial score (nSPS) is 21.2. The first kappa shape index (κ1) is 10.3. The molecule has 1 amide bonds. The lowest BCUT2D eigenvalue weighted by Gasteiger charge is -2.40. The Bertz CT molecular complexity index is 208. The molecule has 1 fully saturated rings. The van der Waals surface area contributed by atoms with Crippen molar-refractivity contribution in [2.45, 2.75) is 19.2 Å². The van der Waals surface area contributed by atoms with Crippen LogP contribution in [-0.2, 0) is 4.79 Å². The van der Waals surface area contributed by atoms with Crippen LogP contribution in [0.25, 0.3) is 0 Å². The minimum atomic E-state index is -4.79. The number of nitrogens with zero attached hydrogens (tertiary/aromatic N) is 1. The third kappa shape index (κ3) is 2.12. The van der Waals surface area contributed by atoms with Crippen molar-refractivity contribution in [3.63, 3.8) is 0 Å². The maximum absolute atomic E-state index is 11.8. The molecule has 6 heteroatoms. The Hall–Kier alpha value is -0.780. The predicted octanol–water partition coefficient (Wildman–Crippen LogP) is 0.388. The van der Waals surface area contributed by atoms with Crippen LogP contribution < -0.4 is 0 Å². The summed E-state index contributed by atoms with van der Waals surface area (Å²) in [4.78, 5) is 11.2. The van der Waals surface area contributed by atoms with E-state index in [-0.39, 0.29) is 19.0 Å². The second-order valence-corrected chi connectivity index (χ2v) is 3.21. The number of likely N-dealkylation sites (tertiary alicyclic amines) is 1. The van der Waals surface area contributed by atoms with E-state index in [9.17, 15) is 18.0 Å². The maximum Gasteiger partial charge on any atom is 0.471 e. The van der Waals surface area contributed by atoms with Crippen molar-refractivity contribution in [3.8, 4) is 0 Å². The SMILES string of the molecule is CC(O)C1CN(C(=O)C(F)(F)F)C1. The van der Waals surface area contributed by atoms with E-state index in [0.717, 1.165) is 0 Å². The van der Waals surface area contributed by atoms with Gasteiger partial charge in [-0.15, -0.1) is 0 Å². The van der Waals surface area contributed by atoms with Crippen LogP contribution in [0.3, 0.4) is 0 Å². The molecule has 3 nitrogen and oxygen atoms in total. The molecule has 0 aliphatic carbocycles. The van der Waals surface area contributed by atoms with E-state index in [1.165, 1.54) is 6.92 Å². The summed E-state index contributed by atoms with van der Waals surface area (Å²) >= 11 is 0. The van der Waals surface area contributed by atoms with Crippen LogP contribution in [0.2, 0.25) is 0 Å². The Morgan fingerprint density at radius 3 is 2.31 bits per heavy atom. The molecule has 76 valence electrons. The summed E-state index contributed by atoms with van der Waals surface area (Å²) in [5.74, 6) is -2.03. The molecule has 0 spiro atoms. The van der Waals surface area contributed by atoms with Gasteiger partial charge in [-0.05, 0) is 6.92 Å². The third-order valence-electron chi connectivity index (χ3n) is 2.12. The molecule has 0 saturated carbocycles. The second-order valence-electron chi connectivity index (χ2n) is 3.21. The summed E-state index contributed by atoms with van der Waals surface area (Å²) in [6, 6.07) is 0. The third-order valence-corrected chi connectivity index (χ3v) is 2.12. The minimum absolute atomic E-state index is 0.00396. The zero-order chi connectivity index (χ0) is 10.2. The van der Waals surface area contributed by atoms with Crippen LogP contribution in [-0.4, -0.2) is 41.3 Å². The van der Waals surface area contributed by atoms with Crippen molar-refractivity contribution in [2.75, 3.05) is 13.1 Å². The van der Waals surface area contributed by atoms with Crippen LogP contribution in [0.1, 0.15) is 6.92 Å². The number of carbonyl (C=O) groups is 1. The number of alkyl halides is 3. The monoisotopic (exact) mass is 197 g/mol. The number of carbonyl (C=O) groups excluding carboxylic acids is 1. The van der Waals surface area contributed by atoms with Crippen LogP contribution in [0.4, 0.5) is 13.2 Å². The molecule has 0 radical (unpaired) electrons. The van der Waals surface area contributed by atoms with E-state index in [0.29, 0.717) is 4.90 Å². The van der Waals surface area contributed by atoms with Crippen molar-refractivity contribution < 1.29 is 23.1 Å². The predicted molar refractivity (Wildman–Crippen MR) is 37.8 cm³/mol. The summed E-state index contributed by atoms with van der Waals surface area (Å²) in [6.07, 6.45) is -5.44. The van der Waals surface area contributed by atoms with E-state index in [4.69, 9.17) is 5.11 Å². The average molecular weight is 197 g/mol. The van der Waals surface area contributed by atoms with Gasteiger partial charge in [-0.3, -0.25) is 4.79 Å². The molecule has 0 aromatic heterocycles. The van der Waals surface area contributed by atoms with Gasteiger partial charge < -0.3 is 10.0 Å². The molecule has 1 heterocycles. The van der Waals surface area contributed by atoms with Crippen molar-refractivity contribution in [1.82, 2.24) is 4.90 Å².